The number of rotatable bonds is 1. The molecule has 0 bridgehead atoms. The molecule has 0 amide bonds. The van der Waals surface area contributed by atoms with Gasteiger partial charge < -0.3 is 10.6 Å². The van der Waals surface area contributed by atoms with Crippen LogP contribution in [-0.4, -0.2) is 19.1 Å². The van der Waals surface area contributed by atoms with Crippen molar-refractivity contribution < 1.29 is 4.39 Å². The molecule has 2 unspecified atom stereocenters. The van der Waals surface area contributed by atoms with E-state index in [0.717, 1.165) is 30.8 Å². The summed E-state index contributed by atoms with van der Waals surface area (Å²) in [5.74, 6) is 0.253. The second-order valence-electron chi connectivity index (χ2n) is 4.93. The highest BCUT2D eigenvalue weighted by molar-refractivity contribution is 9.10. The maximum absolute atomic E-state index is 13.6. The van der Waals surface area contributed by atoms with E-state index in [4.69, 9.17) is 5.73 Å². The van der Waals surface area contributed by atoms with E-state index >= 15 is 0 Å². The molecule has 0 aromatic heterocycles. The summed E-state index contributed by atoms with van der Waals surface area (Å²) >= 11 is 3.21. The zero-order valence-corrected chi connectivity index (χ0v) is 11.8. The van der Waals surface area contributed by atoms with Gasteiger partial charge in [-0.3, -0.25) is 0 Å². The molecule has 0 spiro atoms. The van der Waals surface area contributed by atoms with Crippen molar-refractivity contribution in [2.75, 3.05) is 18.0 Å². The molecule has 4 heteroatoms. The predicted octanol–water partition coefficient (Wildman–Crippen LogP) is 3.07. The molecule has 0 aliphatic carbocycles. The monoisotopic (exact) mass is 300 g/mol. The number of nitrogens with zero attached hydrogens (tertiary/aromatic N) is 1. The molecule has 0 saturated carbocycles. The van der Waals surface area contributed by atoms with E-state index in [2.05, 4.69) is 27.8 Å². The van der Waals surface area contributed by atoms with Crippen molar-refractivity contribution in [2.24, 2.45) is 11.7 Å². The largest absolute Gasteiger partial charge is 0.371 e. The number of benzene rings is 1. The Morgan fingerprint density at radius 3 is 2.82 bits per heavy atom. The van der Waals surface area contributed by atoms with Crippen LogP contribution in [-0.2, 0) is 0 Å². The summed E-state index contributed by atoms with van der Waals surface area (Å²) in [6, 6.07) is 3.72. The van der Waals surface area contributed by atoms with Crippen molar-refractivity contribution in [1.82, 2.24) is 0 Å². The predicted molar refractivity (Wildman–Crippen MR) is 72.8 cm³/mol. The lowest BCUT2D eigenvalue weighted by Crippen LogP contribution is -2.46. The fourth-order valence-electron chi connectivity index (χ4n) is 2.36. The van der Waals surface area contributed by atoms with Crippen LogP contribution in [0.1, 0.15) is 18.9 Å². The third-order valence-corrected chi connectivity index (χ3v) is 4.16. The first-order valence-electron chi connectivity index (χ1n) is 5.95. The first-order valence-corrected chi connectivity index (χ1v) is 6.74. The zero-order valence-electron chi connectivity index (χ0n) is 10.2. The van der Waals surface area contributed by atoms with Gasteiger partial charge in [0.25, 0.3) is 0 Å². The summed E-state index contributed by atoms with van der Waals surface area (Å²) in [4.78, 5) is 2.24. The first kappa shape index (κ1) is 12.8. The van der Waals surface area contributed by atoms with E-state index in [1.165, 1.54) is 0 Å². The molecule has 94 valence electrons. The number of hydrogen-bond acceptors (Lipinski definition) is 2. The van der Waals surface area contributed by atoms with Gasteiger partial charge in [0, 0.05) is 24.8 Å². The fraction of sp³-hybridized carbons (Fsp3) is 0.538. The van der Waals surface area contributed by atoms with Crippen molar-refractivity contribution in [3.05, 3.63) is 28.0 Å². The standard InChI is InChI=1S/C13H18BrFN2/c1-8-5-10(14)11(15)6-13(8)17-4-3-12(16)9(2)7-17/h5-6,9,12H,3-4,7,16H2,1-2H3. The van der Waals surface area contributed by atoms with Crippen molar-refractivity contribution >= 4 is 21.6 Å². The zero-order chi connectivity index (χ0) is 12.6. The highest BCUT2D eigenvalue weighted by atomic mass is 79.9. The van der Waals surface area contributed by atoms with Gasteiger partial charge in [-0.15, -0.1) is 0 Å². The summed E-state index contributed by atoms with van der Waals surface area (Å²) in [5.41, 5.74) is 8.09. The Kier molecular flexibility index (Phi) is 3.73. The molecule has 2 nitrogen and oxygen atoms in total. The highest BCUT2D eigenvalue weighted by Crippen LogP contribution is 2.29. The van der Waals surface area contributed by atoms with E-state index in [1.807, 2.05) is 13.0 Å². The van der Waals surface area contributed by atoms with Crippen LogP contribution in [0.5, 0.6) is 0 Å². The van der Waals surface area contributed by atoms with E-state index in [1.54, 1.807) is 6.07 Å². The van der Waals surface area contributed by atoms with Crippen molar-refractivity contribution in [3.63, 3.8) is 0 Å². The topological polar surface area (TPSA) is 29.3 Å². The van der Waals surface area contributed by atoms with Gasteiger partial charge in [0.15, 0.2) is 0 Å². The van der Waals surface area contributed by atoms with Gasteiger partial charge in [0.2, 0.25) is 0 Å². The van der Waals surface area contributed by atoms with Crippen LogP contribution in [0.25, 0.3) is 0 Å². The molecule has 1 aliphatic rings. The van der Waals surface area contributed by atoms with E-state index in [-0.39, 0.29) is 11.9 Å². The molecule has 1 aliphatic heterocycles. The van der Waals surface area contributed by atoms with E-state index in [0.29, 0.717) is 10.4 Å². The minimum Gasteiger partial charge on any atom is -0.371 e. The molecular formula is C13H18BrFN2. The van der Waals surface area contributed by atoms with Gasteiger partial charge in [0.05, 0.1) is 4.47 Å². The van der Waals surface area contributed by atoms with E-state index < -0.39 is 0 Å². The number of anilines is 1. The summed E-state index contributed by atoms with van der Waals surface area (Å²) in [5, 5.41) is 0. The third kappa shape index (κ3) is 2.63. The van der Waals surface area contributed by atoms with Gasteiger partial charge in [-0.1, -0.05) is 6.92 Å². The number of piperidine rings is 1. The average Bonchev–Trinajstić information content (AvgIpc) is 2.27. The minimum atomic E-state index is -0.201. The van der Waals surface area contributed by atoms with Gasteiger partial charge in [-0.05, 0) is 52.9 Å². The molecule has 1 aromatic rings. The quantitative estimate of drug-likeness (QED) is 0.864. The Morgan fingerprint density at radius 2 is 2.18 bits per heavy atom. The van der Waals surface area contributed by atoms with Gasteiger partial charge in [-0.2, -0.15) is 0 Å². The molecule has 17 heavy (non-hydrogen) atoms. The molecule has 2 N–H and O–H groups in total. The number of nitrogens with two attached hydrogens (primary N) is 1. The van der Waals surface area contributed by atoms with Crippen LogP contribution < -0.4 is 10.6 Å². The fourth-order valence-corrected chi connectivity index (χ4v) is 2.82. The smallest absolute Gasteiger partial charge is 0.139 e. The van der Waals surface area contributed by atoms with Gasteiger partial charge in [-0.25, -0.2) is 4.39 Å². The van der Waals surface area contributed by atoms with Crippen LogP contribution >= 0.6 is 15.9 Å². The van der Waals surface area contributed by atoms with Gasteiger partial charge in [0.1, 0.15) is 5.82 Å². The second kappa shape index (κ2) is 4.94. The summed E-state index contributed by atoms with van der Waals surface area (Å²) in [7, 11) is 0. The second-order valence-corrected chi connectivity index (χ2v) is 5.78. The Hall–Kier alpha value is -0.610. The maximum Gasteiger partial charge on any atom is 0.139 e. The van der Waals surface area contributed by atoms with Crippen LogP contribution in [0.2, 0.25) is 0 Å². The normalized spacial score (nSPS) is 25.1. The van der Waals surface area contributed by atoms with Crippen LogP contribution in [0.15, 0.2) is 16.6 Å². The van der Waals surface area contributed by atoms with Crippen LogP contribution in [0.4, 0.5) is 10.1 Å². The van der Waals surface area contributed by atoms with Gasteiger partial charge >= 0.3 is 0 Å². The first-order chi connectivity index (χ1) is 7.99. The Balaban J connectivity index is 2.26. The lowest BCUT2D eigenvalue weighted by Gasteiger charge is -2.37. The molecular weight excluding hydrogens is 283 g/mol. The molecule has 1 aromatic carbocycles. The molecule has 2 rings (SSSR count). The average molecular weight is 301 g/mol. The van der Waals surface area contributed by atoms with Crippen LogP contribution in [0.3, 0.4) is 0 Å². The Morgan fingerprint density at radius 1 is 1.47 bits per heavy atom. The van der Waals surface area contributed by atoms with E-state index in [9.17, 15) is 4.39 Å². The molecule has 0 radical (unpaired) electrons. The molecule has 2 atom stereocenters. The highest BCUT2D eigenvalue weighted by Gasteiger charge is 2.24. The minimum absolute atomic E-state index is 0.201. The van der Waals surface area contributed by atoms with Crippen molar-refractivity contribution in [1.29, 1.82) is 0 Å². The SMILES string of the molecule is Cc1cc(Br)c(F)cc1N1CCC(N)C(C)C1. The Bertz CT molecular complexity index is 422. The lowest BCUT2D eigenvalue weighted by molar-refractivity contribution is 0.382. The summed E-state index contributed by atoms with van der Waals surface area (Å²) < 4.78 is 14.1. The number of hydrogen-bond donors (Lipinski definition) is 1. The molecule has 1 saturated heterocycles. The summed E-state index contributed by atoms with van der Waals surface area (Å²) in [6.07, 6.45) is 0.971. The number of aryl methyl sites for hydroxylation is 1. The number of halogens is 2. The third-order valence-electron chi connectivity index (χ3n) is 3.55. The van der Waals surface area contributed by atoms with Crippen molar-refractivity contribution in [2.45, 2.75) is 26.3 Å². The molecule has 1 heterocycles. The summed E-state index contributed by atoms with van der Waals surface area (Å²) in [6.45, 7) is 5.98. The van der Waals surface area contributed by atoms with Crippen molar-refractivity contribution in [3.8, 4) is 0 Å². The lowest BCUT2D eigenvalue weighted by atomic mass is 9.94. The van der Waals surface area contributed by atoms with Crippen LogP contribution in [0, 0.1) is 18.7 Å². The Labute approximate surface area is 110 Å². The molecule has 1 fully saturated rings. The maximum atomic E-state index is 13.6.